The summed E-state index contributed by atoms with van der Waals surface area (Å²) >= 11 is 0. The van der Waals surface area contributed by atoms with E-state index in [1.54, 1.807) is 12.3 Å². The molecule has 17 heavy (non-hydrogen) atoms. The van der Waals surface area contributed by atoms with Crippen LogP contribution >= 0.6 is 0 Å². The summed E-state index contributed by atoms with van der Waals surface area (Å²) in [6, 6.07) is 7.98. The van der Waals surface area contributed by atoms with Gasteiger partial charge >= 0.3 is 0 Å². The molecule has 1 heteroatoms. The average molecular weight is 229 g/mol. The van der Waals surface area contributed by atoms with Gasteiger partial charge in [-0.3, -0.25) is 0 Å². The van der Waals surface area contributed by atoms with E-state index in [2.05, 4.69) is 26.0 Å². The van der Waals surface area contributed by atoms with Crippen LogP contribution in [0.15, 0.2) is 30.5 Å². The summed E-state index contributed by atoms with van der Waals surface area (Å²) in [4.78, 5) is 0. The van der Waals surface area contributed by atoms with E-state index in [0.29, 0.717) is 5.56 Å². The molecule has 0 unspecified atom stereocenters. The lowest BCUT2D eigenvalue weighted by molar-refractivity contribution is -0.661. The molecule has 0 aliphatic carbocycles. The highest BCUT2D eigenvalue weighted by Crippen LogP contribution is 2.25. The van der Waals surface area contributed by atoms with Crippen molar-refractivity contribution in [1.82, 2.24) is 0 Å². The Kier molecular flexibility index (Phi) is 2.15. The van der Waals surface area contributed by atoms with Crippen LogP contribution in [0.5, 0.6) is 0 Å². The van der Waals surface area contributed by atoms with Gasteiger partial charge in [0.15, 0.2) is 6.20 Å². The Labute approximate surface area is 108 Å². The molecule has 0 fully saturated rings. The number of aromatic nitrogens is 1. The van der Waals surface area contributed by atoms with Gasteiger partial charge in [0, 0.05) is 20.8 Å². The van der Waals surface area contributed by atoms with Crippen LogP contribution in [0.1, 0.15) is 26.4 Å². The molecule has 0 saturated carbocycles. The third-order valence-corrected chi connectivity index (χ3v) is 3.29. The van der Waals surface area contributed by atoms with Gasteiger partial charge in [0.2, 0.25) is 5.69 Å². The molecular formula is C16H20N+. The fraction of sp³-hybridized carbons (Fsp3) is 0.312. The van der Waals surface area contributed by atoms with Crippen molar-refractivity contribution in [2.75, 3.05) is 0 Å². The second-order valence-electron chi connectivity index (χ2n) is 4.62. The molecule has 1 aromatic heterocycles. The predicted molar refractivity (Wildman–Crippen MR) is 72.0 cm³/mol. The Morgan fingerprint density at radius 3 is 2.53 bits per heavy atom. The Hall–Kier alpha value is -1.63. The first kappa shape index (κ1) is 8.46. The zero-order valence-electron chi connectivity index (χ0n) is 13.8. The summed E-state index contributed by atoms with van der Waals surface area (Å²) < 4.78 is 24.5. The van der Waals surface area contributed by atoms with Crippen LogP contribution in [0.2, 0.25) is 0 Å². The monoisotopic (exact) mass is 229 g/mol. The molecule has 0 spiro atoms. The smallest absolute Gasteiger partial charge is 0.201 e. The maximum atomic E-state index is 7.54. The molecule has 0 radical (unpaired) electrons. The predicted octanol–water partition coefficient (Wildman–Crippen LogP) is 3.41. The molecular weight excluding hydrogens is 206 g/mol. The summed E-state index contributed by atoms with van der Waals surface area (Å²) in [5.74, 6) is 0. The molecule has 1 heterocycles. The van der Waals surface area contributed by atoms with Crippen LogP contribution in [0.4, 0.5) is 0 Å². The average Bonchev–Trinajstić information content (AvgIpc) is 2.32. The van der Waals surface area contributed by atoms with Crippen LogP contribution in [-0.4, -0.2) is 0 Å². The highest BCUT2D eigenvalue weighted by atomic mass is 14.9. The van der Waals surface area contributed by atoms with Crippen LogP contribution in [0.3, 0.4) is 0 Å². The van der Waals surface area contributed by atoms with Gasteiger partial charge in [0.25, 0.3) is 0 Å². The summed E-state index contributed by atoms with van der Waals surface area (Å²) in [5.41, 5.74) is 6.05. The summed E-state index contributed by atoms with van der Waals surface area (Å²) in [6.45, 7) is 4.09. The second-order valence-corrected chi connectivity index (χ2v) is 4.62. The molecule has 0 aliphatic rings. The SMILES string of the molecule is [2H]C([2H])([2H])c1cc(C)c(-c2cccc(C)c2C)[n+](C)c1. The Balaban J connectivity index is 2.68. The molecule has 0 saturated heterocycles. The van der Waals surface area contributed by atoms with Gasteiger partial charge in [-0.15, -0.1) is 0 Å². The van der Waals surface area contributed by atoms with Gasteiger partial charge in [-0.25, -0.2) is 4.57 Å². The van der Waals surface area contributed by atoms with E-state index in [0.717, 1.165) is 16.8 Å². The van der Waals surface area contributed by atoms with E-state index in [1.807, 2.05) is 24.6 Å². The summed E-state index contributed by atoms with van der Waals surface area (Å²) in [5, 5.41) is 0. The minimum absolute atomic E-state index is 0.381. The molecule has 0 N–H and O–H groups in total. The molecule has 88 valence electrons. The van der Waals surface area contributed by atoms with Crippen molar-refractivity contribution in [3.63, 3.8) is 0 Å². The van der Waals surface area contributed by atoms with Crippen LogP contribution in [0, 0.1) is 27.6 Å². The Morgan fingerprint density at radius 2 is 1.88 bits per heavy atom. The van der Waals surface area contributed by atoms with Crippen LogP contribution in [-0.2, 0) is 7.05 Å². The number of hydrogen-bond acceptors (Lipinski definition) is 0. The third kappa shape index (κ3) is 2.10. The first-order valence-corrected chi connectivity index (χ1v) is 5.79. The minimum atomic E-state index is -2.07. The van der Waals surface area contributed by atoms with Crippen LogP contribution in [0.25, 0.3) is 11.3 Å². The largest absolute Gasteiger partial charge is 0.215 e. The van der Waals surface area contributed by atoms with Gasteiger partial charge in [0.1, 0.15) is 7.05 Å². The molecule has 2 aromatic rings. The van der Waals surface area contributed by atoms with Crippen molar-refractivity contribution in [3.05, 3.63) is 52.7 Å². The fourth-order valence-corrected chi connectivity index (χ4v) is 2.30. The minimum Gasteiger partial charge on any atom is -0.201 e. The molecule has 0 amide bonds. The zero-order valence-corrected chi connectivity index (χ0v) is 10.8. The number of nitrogens with zero attached hydrogens (tertiary/aromatic N) is 1. The topological polar surface area (TPSA) is 3.88 Å². The maximum absolute atomic E-state index is 7.54. The molecule has 0 bridgehead atoms. The van der Waals surface area contributed by atoms with Crippen molar-refractivity contribution < 1.29 is 8.68 Å². The van der Waals surface area contributed by atoms with Crippen molar-refractivity contribution in [2.45, 2.75) is 27.6 Å². The van der Waals surface area contributed by atoms with Gasteiger partial charge in [-0.2, -0.15) is 0 Å². The molecule has 2 rings (SSSR count). The Bertz CT molecular complexity index is 634. The fourth-order valence-electron chi connectivity index (χ4n) is 2.30. The van der Waals surface area contributed by atoms with E-state index in [1.165, 1.54) is 11.1 Å². The van der Waals surface area contributed by atoms with Crippen molar-refractivity contribution in [2.24, 2.45) is 7.05 Å². The molecule has 1 nitrogen and oxygen atoms in total. The maximum Gasteiger partial charge on any atom is 0.215 e. The van der Waals surface area contributed by atoms with Gasteiger partial charge in [-0.05, 0) is 50.9 Å². The van der Waals surface area contributed by atoms with Crippen molar-refractivity contribution in [1.29, 1.82) is 0 Å². The molecule has 1 aromatic carbocycles. The lowest BCUT2D eigenvalue weighted by Crippen LogP contribution is -2.32. The van der Waals surface area contributed by atoms with E-state index >= 15 is 0 Å². The number of benzene rings is 1. The number of pyridine rings is 1. The third-order valence-electron chi connectivity index (χ3n) is 3.29. The number of hydrogen-bond donors (Lipinski definition) is 0. The number of rotatable bonds is 1. The van der Waals surface area contributed by atoms with E-state index < -0.39 is 6.85 Å². The van der Waals surface area contributed by atoms with Gasteiger partial charge < -0.3 is 0 Å². The highest BCUT2D eigenvalue weighted by molar-refractivity contribution is 5.65. The normalized spacial score (nSPS) is 14.0. The first-order chi connectivity index (χ1) is 9.21. The summed E-state index contributed by atoms with van der Waals surface area (Å²) in [6.07, 6.45) is 1.71. The molecule has 0 aliphatic heterocycles. The van der Waals surface area contributed by atoms with Crippen molar-refractivity contribution in [3.8, 4) is 11.3 Å². The summed E-state index contributed by atoms with van der Waals surface area (Å²) in [7, 11) is 1.90. The van der Waals surface area contributed by atoms with Gasteiger partial charge in [0.05, 0.1) is 0 Å². The molecule has 0 atom stereocenters. The number of aryl methyl sites for hydroxylation is 4. The van der Waals surface area contributed by atoms with E-state index in [-0.39, 0.29) is 0 Å². The Morgan fingerprint density at radius 1 is 1.12 bits per heavy atom. The van der Waals surface area contributed by atoms with E-state index in [4.69, 9.17) is 4.11 Å². The van der Waals surface area contributed by atoms with E-state index in [9.17, 15) is 0 Å². The standard InChI is InChI=1S/C16H20N/c1-11-9-13(3)16(17(5)10-11)15-8-6-7-12(2)14(15)4/h6-10H,1-5H3/q+1/i1D3. The van der Waals surface area contributed by atoms with Crippen LogP contribution < -0.4 is 4.57 Å². The quantitative estimate of drug-likeness (QED) is 0.660. The van der Waals surface area contributed by atoms with Crippen molar-refractivity contribution >= 4 is 0 Å². The van der Waals surface area contributed by atoms with Gasteiger partial charge in [-0.1, -0.05) is 12.1 Å². The highest BCUT2D eigenvalue weighted by Gasteiger charge is 2.16. The zero-order chi connectivity index (χ0) is 15.1. The first-order valence-electron chi connectivity index (χ1n) is 7.29. The lowest BCUT2D eigenvalue weighted by atomic mass is 9.97. The lowest BCUT2D eigenvalue weighted by Gasteiger charge is -2.09. The second kappa shape index (κ2) is 4.33.